The first kappa shape index (κ1) is 24.6. The molecule has 0 saturated carbocycles. The standard InChI is InChI=1S/C22H31N3O5S2/c1-4-6-9-16-11-12-17-19(14-16)31-22(24(17)15-20(26)30-5-2)23-21(27)18-10-7-8-13-25(18)32(3,28)29/h11-12,14,18H,4-10,13,15H2,1-3H3. The first-order valence-corrected chi connectivity index (χ1v) is 13.7. The molecule has 2 heterocycles. The second kappa shape index (κ2) is 10.7. The number of hydrogen-bond acceptors (Lipinski definition) is 6. The van der Waals surface area contributed by atoms with Crippen molar-refractivity contribution < 1.29 is 22.7 Å². The quantitative estimate of drug-likeness (QED) is 0.540. The molecule has 0 bridgehead atoms. The summed E-state index contributed by atoms with van der Waals surface area (Å²) < 4.78 is 33.3. The number of thiazole rings is 1. The summed E-state index contributed by atoms with van der Waals surface area (Å²) in [7, 11) is -3.51. The Morgan fingerprint density at radius 1 is 1.25 bits per heavy atom. The number of piperidine rings is 1. The average Bonchev–Trinajstić information content (AvgIpc) is 3.07. The third-order valence-electron chi connectivity index (χ3n) is 5.53. The predicted molar refractivity (Wildman–Crippen MR) is 125 cm³/mol. The molecular formula is C22H31N3O5S2. The normalized spacial score (nSPS) is 18.2. The zero-order valence-electron chi connectivity index (χ0n) is 18.9. The summed E-state index contributed by atoms with van der Waals surface area (Å²) in [5.74, 6) is -0.905. The summed E-state index contributed by atoms with van der Waals surface area (Å²) in [4.78, 5) is 30.0. The van der Waals surface area contributed by atoms with Crippen LogP contribution in [0.4, 0.5) is 0 Å². The van der Waals surface area contributed by atoms with E-state index >= 15 is 0 Å². The lowest BCUT2D eigenvalue weighted by molar-refractivity contribution is -0.143. The lowest BCUT2D eigenvalue weighted by Crippen LogP contribution is -2.47. The van der Waals surface area contributed by atoms with Gasteiger partial charge in [-0.25, -0.2) is 8.42 Å². The molecule has 1 atom stereocenters. The average molecular weight is 482 g/mol. The van der Waals surface area contributed by atoms with Crippen LogP contribution < -0.4 is 4.80 Å². The van der Waals surface area contributed by atoms with Crippen molar-refractivity contribution in [3.05, 3.63) is 28.6 Å². The summed E-state index contributed by atoms with van der Waals surface area (Å²) in [5, 5.41) is 0. The van der Waals surface area contributed by atoms with Gasteiger partial charge < -0.3 is 9.30 Å². The van der Waals surface area contributed by atoms with Crippen molar-refractivity contribution in [1.82, 2.24) is 8.87 Å². The minimum atomic E-state index is -3.51. The van der Waals surface area contributed by atoms with E-state index < -0.39 is 27.9 Å². The number of aryl methyl sites for hydroxylation is 1. The number of fused-ring (bicyclic) bond motifs is 1. The van der Waals surface area contributed by atoms with Gasteiger partial charge in [0.2, 0.25) is 10.0 Å². The SMILES string of the molecule is CCCCc1ccc2c(c1)sc(=NC(=O)C1CCCCN1S(C)(=O)=O)n2CC(=O)OCC. The Balaban J connectivity index is 2.04. The lowest BCUT2D eigenvalue weighted by Gasteiger charge is -2.31. The molecule has 1 aliphatic rings. The molecule has 2 aromatic rings. The molecule has 32 heavy (non-hydrogen) atoms. The number of carbonyl (C=O) groups is 2. The van der Waals surface area contributed by atoms with Gasteiger partial charge in [-0.1, -0.05) is 37.2 Å². The van der Waals surface area contributed by atoms with Gasteiger partial charge in [0.25, 0.3) is 5.91 Å². The zero-order chi connectivity index (χ0) is 23.3. The minimum Gasteiger partial charge on any atom is -0.465 e. The van der Waals surface area contributed by atoms with Crippen molar-refractivity contribution in [3.8, 4) is 0 Å². The first-order chi connectivity index (χ1) is 15.2. The highest BCUT2D eigenvalue weighted by Crippen LogP contribution is 2.23. The molecule has 0 N–H and O–H groups in total. The smallest absolute Gasteiger partial charge is 0.326 e. The van der Waals surface area contributed by atoms with E-state index in [9.17, 15) is 18.0 Å². The number of nitrogens with zero attached hydrogens (tertiary/aromatic N) is 3. The molecule has 1 fully saturated rings. The molecule has 1 unspecified atom stereocenters. The van der Waals surface area contributed by atoms with E-state index in [1.807, 2.05) is 12.1 Å². The van der Waals surface area contributed by atoms with Crippen molar-refractivity contribution in [1.29, 1.82) is 0 Å². The highest BCUT2D eigenvalue weighted by molar-refractivity contribution is 7.88. The number of aromatic nitrogens is 1. The maximum atomic E-state index is 13.1. The van der Waals surface area contributed by atoms with Gasteiger partial charge in [-0.3, -0.25) is 9.59 Å². The molecule has 0 spiro atoms. The molecule has 0 aliphatic carbocycles. The van der Waals surface area contributed by atoms with Crippen molar-refractivity contribution in [3.63, 3.8) is 0 Å². The highest BCUT2D eigenvalue weighted by atomic mass is 32.2. The van der Waals surface area contributed by atoms with E-state index in [1.54, 1.807) is 11.5 Å². The number of amides is 1. The monoisotopic (exact) mass is 481 g/mol. The van der Waals surface area contributed by atoms with Gasteiger partial charge in [0.05, 0.1) is 23.1 Å². The zero-order valence-corrected chi connectivity index (χ0v) is 20.5. The lowest BCUT2D eigenvalue weighted by atomic mass is 10.0. The van der Waals surface area contributed by atoms with Gasteiger partial charge in [-0.2, -0.15) is 9.30 Å². The van der Waals surface area contributed by atoms with Gasteiger partial charge in [-0.15, -0.1) is 0 Å². The highest BCUT2D eigenvalue weighted by Gasteiger charge is 2.34. The van der Waals surface area contributed by atoms with E-state index in [-0.39, 0.29) is 13.2 Å². The van der Waals surface area contributed by atoms with Gasteiger partial charge in [0.1, 0.15) is 12.6 Å². The topological polar surface area (TPSA) is 98.0 Å². The molecule has 3 rings (SSSR count). The van der Waals surface area contributed by atoms with Crippen molar-refractivity contribution >= 4 is 43.5 Å². The van der Waals surface area contributed by atoms with E-state index in [1.165, 1.54) is 21.2 Å². The van der Waals surface area contributed by atoms with Crippen LogP contribution in [-0.4, -0.2) is 54.6 Å². The van der Waals surface area contributed by atoms with Crippen molar-refractivity contribution in [2.45, 2.75) is 65.0 Å². The summed E-state index contributed by atoms with van der Waals surface area (Å²) in [5.41, 5.74) is 2.00. The molecule has 1 aromatic heterocycles. The molecule has 176 valence electrons. The Morgan fingerprint density at radius 2 is 2.03 bits per heavy atom. The van der Waals surface area contributed by atoms with Crippen molar-refractivity contribution in [2.75, 3.05) is 19.4 Å². The van der Waals surface area contributed by atoms with Crippen LogP contribution in [0.25, 0.3) is 10.2 Å². The number of ether oxygens (including phenoxy) is 1. The van der Waals surface area contributed by atoms with E-state index in [4.69, 9.17) is 4.74 Å². The molecule has 0 radical (unpaired) electrons. The predicted octanol–water partition coefficient (Wildman–Crippen LogP) is 2.85. The number of sulfonamides is 1. The Morgan fingerprint density at radius 3 is 2.72 bits per heavy atom. The second-order valence-electron chi connectivity index (χ2n) is 8.02. The number of esters is 1. The van der Waals surface area contributed by atoms with Crippen LogP contribution in [0.2, 0.25) is 0 Å². The first-order valence-electron chi connectivity index (χ1n) is 11.1. The van der Waals surface area contributed by atoms with Crippen LogP contribution in [0, 0.1) is 0 Å². The van der Waals surface area contributed by atoms with Gasteiger partial charge in [0, 0.05) is 6.54 Å². The summed E-state index contributed by atoms with van der Waals surface area (Å²) in [6, 6.07) is 5.25. The summed E-state index contributed by atoms with van der Waals surface area (Å²) in [6.45, 7) is 4.41. The number of benzene rings is 1. The number of unbranched alkanes of at least 4 members (excludes halogenated alkanes) is 1. The Labute approximate surface area is 193 Å². The largest absolute Gasteiger partial charge is 0.465 e. The van der Waals surface area contributed by atoms with Crippen LogP contribution >= 0.6 is 11.3 Å². The summed E-state index contributed by atoms with van der Waals surface area (Å²) >= 11 is 1.33. The maximum absolute atomic E-state index is 13.1. The van der Waals surface area contributed by atoms with Crippen LogP contribution in [0.15, 0.2) is 23.2 Å². The van der Waals surface area contributed by atoms with Gasteiger partial charge >= 0.3 is 5.97 Å². The Hall–Kier alpha value is -2.04. The van der Waals surface area contributed by atoms with E-state index in [2.05, 4.69) is 18.0 Å². The molecular weight excluding hydrogens is 450 g/mol. The van der Waals surface area contributed by atoms with Crippen LogP contribution in [0.5, 0.6) is 0 Å². The molecule has 1 aliphatic heterocycles. The fourth-order valence-corrected chi connectivity index (χ4v) is 6.16. The van der Waals surface area contributed by atoms with Gasteiger partial charge in [0.15, 0.2) is 4.80 Å². The molecule has 1 aromatic carbocycles. The Kier molecular flexibility index (Phi) is 8.24. The second-order valence-corrected chi connectivity index (χ2v) is 11.0. The maximum Gasteiger partial charge on any atom is 0.326 e. The molecule has 10 heteroatoms. The fourth-order valence-electron chi connectivity index (χ4n) is 3.95. The third kappa shape index (κ3) is 5.85. The number of hydrogen-bond donors (Lipinski definition) is 0. The van der Waals surface area contributed by atoms with Gasteiger partial charge in [-0.05, 0) is 50.3 Å². The fraction of sp³-hybridized carbons (Fsp3) is 0.591. The third-order valence-corrected chi connectivity index (χ3v) is 7.86. The van der Waals surface area contributed by atoms with E-state index in [0.717, 1.165) is 48.6 Å². The van der Waals surface area contributed by atoms with Crippen LogP contribution in [0.3, 0.4) is 0 Å². The minimum absolute atomic E-state index is 0.0608. The van der Waals surface area contributed by atoms with E-state index in [0.29, 0.717) is 17.8 Å². The van der Waals surface area contributed by atoms with Crippen LogP contribution in [0.1, 0.15) is 51.5 Å². The summed E-state index contributed by atoms with van der Waals surface area (Å²) in [6.07, 6.45) is 6.20. The molecule has 1 amide bonds. The Bertz CT molecular complexity index is 1150. The van der Waals surface area contributed by atoms with Crippen LogP contribution in [-0.2, 0) is 37.3 Å². The molecule has 8 nitrogen and oxygen atoms in total. The van der Waals surface area contributed by atoms with Crippen molar-refractivity contribution in [2.24, 2.45) is 4.99 Å². The number of rotatable bonds is 8. The number of carbonyl (C=O) groups excluding carboxylic acids is 2. The molecule has 1 saturated heterocycles.